The maximum Gasteiger partial charge on any atom is 0.317 e. The number of carboxylic acid groups (broad SMARTS) is 1. The molecule has 0 aliphatic rings. The van der Waals surface area contributed by atoms with Crippen LogP contribution in [0.5, 0.6) is 0 Å². The summed E-state index contributed by atoms with van der Waals surface area (Å²) in [5.74, 6) is -1.02. The Morgan fingerprint density at radius 2 is 2.08 bits per heavy atom. The number of carbonyl (C=O) groups excluding carboxylic acids is 1. The van der Waals surface area contributed by atoms with Gasteiger partial charge in [-0.2, -0.15) is 0 Å². The zero-order valence-electron chi connectivity index (χ0n) is 7.78. The smallest absolute Gasteiger partial charge is 0.317 e. The lowest BCUT2D eigenvalue weighted by molar-refractivity contribution is -0.135. The van der Waals surface area contributed by atoms with Gasteiger partial charge in [-0.15, -0.1) is 0 Å². The van der Waals surface area contributed by atoms with Crippen LogP contribution in [0.4, 0.5) is 0 Å². The third kappa shape index (κ3) is 7.02. The SMILES string of the molecule is CN(C)C(=O)/C=C/CNCC(=O)O. The number of carboxylic acids is 1. The first kappa shape index (κ1) is 11.6. The Morgan fingerprint density at radius 3 is 2.54 bits per heavy atom. The van der Waals surface area contributed by atoms with Gasteiger partial charge in [-0.25, -0.2) is 0 Å². The summed E-state index contributed by atoms with van der Waals surface area (Å²) in [5, 5.41) is 10.9. The summed E-state index contributed by atoms with van der Waals surface area (Å²) >= 11 is 0. The Bertz CT molecular complexity index is 211. The summed E-state index contributed by atoms with van der Waals surface area (Å²) in [6, 6.07) is 0. The molecule has 0 unspecified atom stereocenters. The van der Waals surface area contributed by atoms with E-state index in [-0.39, 0.29) is 12.5 Å². The van der Waals surface area contributed by atoms with Crippen molar-refractivity contribution < 1.29 is 14.7 Å². The highest BCUT2D eigenvalue weighted by Crippen LogP contribution is 1.80. The van der Waals surface area contributed by atoms with E-state index in [9.17, 15) is 9.59 Å². The average molecular weight is 186 g/mol. The molecule has 0 radical (unpaired) electrons. The molecule has 5 heteroatoms. The molecular weight excluding hydrogens is 172 g/mol. The molecule has 0 aliphatic heterocycles. The molecule has 0 spiro atoms. The van der Waals surface area contributed by atoms with Crippen LogP contribution in [0, 0.1) is 0 Å². The van der Waals surface area contributed by atoms with Gasteiger partial charge < -0.3 is 15.3 Å². The van der Waals surface area contributed by atoms with Crippen LogP contribution in [0.25, 0.3) is 0 Å². The highest BCUT2D eigenvalue weighted by molar-refractivity contribution is 5.87. The number of hydrogen-bond acceptors (Lipinski definition) is 3. The largest absolute Gasteiger partial charge is 0.480 e. The van der Waals surface area contributed by atoms with Gasteiger partial charge in [0.05, 0.1) is 6.54 Å². The molecule has 2 N–H and O–H groups in total. The summed E-state index contributed by atoms with van der Waals surface area (Å²) in [5.41, 5.74) is 0. The van der Waals surface area contributed by atoms with E-state index in [0.717, 1.165) is 0 Å². The molecule has 0 saturated heterocycles. The maximum absolute atomic E-state index is 10.9. The van der Waals surface area contributed by atoms with Gasteiger partial charge in [0.15, 0.2) is 0 Å². The normalized spacial score (nSPS) is 10.3. The summed E-state index contributed by atoms with van der Waals surface area (Å²) in [4.78, 5) is 22.4. The molecule has 0 fully saturated rings. The van der Waals surface area contributed by atoms with Gasteiger partial charge >= 0.3 is 5.97 Å². The Hall–Kier alpha value is -1.36. The molecule has 13 heavy (non-hydrogen) atoms. The fourth-order valence-electron chi connectivity index (χ4n) is 0.571. The zero-order chi connectivity index (χ0) is 10.3. The third-order valence-corrected chi connectivity index (χ3v) is 1.24. The molecule has 1 amide bonds. The minimum absolute atomic E-state index is 0.0967. The number of hydrogen-bond donors (Lipinski definition) is 2. The molecule has 0 aliphatic carbocycles. The van der Waals surface area contributed by atoms with E-state index in [2.05, 4.69) is 5.32 Å². The molecule has 74 valence electrons. The minimum atomic E-state index is -0.910. The van der Waals surface area contributed by atoms with Crippen LogP contribution in [0.3, 0.4) is 0 Å². The van der Waals surface area contributed by atoms with Crippen LogP contribution >= 0.6 is 0 Å². The molecule has 0 heterocycles. The van der Waals surface area contributed by atoms with Crippen molar-refractivity contribution in [2.75, 3.05) is 27.2 Å². The highest BCUT2D eigenvalue weighted by atomic mass is 16.4. The summed E-state index contributed by atoms with van der Waals surface area (Å²) in [6.07, 6.45) is 2.99. The summed E-state index contributed by atoms with van der Waals surface area (Å²) in [6.45, 7) is 0.284. The second kappa shape index (κ2) is 6.19. The number of carbonyl (C=O) groups is 2. The second-order valence-corrected chi connectivity index (χ2v) is 2.66. The predicted octanol–water partition coefficient (Wildman–Crippen LogP) is -0.695. The van der Waals surface area contributed by atoms with Crippen LogP contribution in [0.15, 0.2) is 12.2 Å². The Morgan fingerprint density at radius 1 is 1.46 bits per heavy atom. The molecule has 0 aromatic rings. The van der Waals surface area contributed by atoms with Gasteiger partial charge in [-0.05, 0) is 0 Å². The van der Waals surface area contributed by atoms with E-state index >= 15 is 0 Å². The van der Waals surface area contributed by atoms with Crippen molar-refractivity contribution >= 4 is 11.9 Å². The molecule has 0 rings (SSSR count). The van der Waals surface area contributed by atoms with Gasteiger partial charge in [0.1, 0.15) is 0 Å². The van der Waals surface area contributed by atoms with Gasteiger partial charge in [-0.3, -0.25) is 9.59 Å². The minimum Gasteiger partial charge on any atom is -0.480 e. The summed E-state index contributed by atoms with van der Waals surface area (Å²) < 4.78 is 0. The molecule has 0 atom stereocenters. The quantitative estimate of drug-likeness (QED) is 0.440. The number of amides is 1. The van der Waals surface area contributed by atoms with Crippen molar-refractivity contribution in [1.29, 1.82) is 0 Å². The standard InChI is InChI=1S/C8H14N2O3/c1-10(2)7(11)4-3-5-9-6-8(12)13/h3-4,9H,5-6H2,1-2H3,(H,12,13)/b4-3+. The van der Waals surface area contributed by atoms with Crippen molar-refractivity contribution in [3.8, 4) is 0 Å². The first-order valence-electron chi connectivity index (χ1n) is 3.84. The van der Waals surface area contributed by atoms with E-state index in [1.165, 1.54) is 11.0 Å². The van der Waals surface area contributed by atoms with E-state index in [1.54, 1.807) is 20.2 Å². The number of nitrogens with zero attached hydrogens (tertiary/aromatic N) is 1. The number of rotatable bonds is 5. The van der Waals surface area contributed by atoms with Crippen LogP contribution < -0.4 is 5.32 Å². The Balaban J connectivity index is 3.52. The lowest BCUT2D eigenvalue weighted by Gasteiger charge is -2.04. The van der Waals surface area contributed by atoms with E-state index in [4.69, 9.17) is 5.11 Å². The van der Waals surface area contributed by atoms with Crippen LogP contribution in [-0.2, 0) is 9.59 Å². The summed E-state index contributed by atoms with van der Waals surface area (Å²) in [7, 11) is 3.30. The molecule has 0 aromatic heterocycles. The van der Waals surface area contributed by atoms with Gasteiger partial charge in [-0.1, -0.05) is 6.08 Å². The number of nitrogens with one attached hydrogen (secondary N) is 1. The fourth-order valence-corrected chi connectivity index (χ4v) is 0.571. The molecule has 0 bridgehead atoms. The van der Waals surface area contributed by atoms with E-state index < -0.39 is 5.97 Å². The molecule has 0 aromatic carbocycles. The van der Waals surface area contributed by atoms with Crippen molar-refractivity contribution in [2.45, 2.75) is 0 Å². The average Bonchev–Trinajstić information content (AvgIpc) is 2.02. The van der Waals surface area contributed by atoms with Gasteiger partial charge in [0.25, 0.3) is 0 Å². The van der Waals surface area contributed by atoms with E-state index in [0.29, 0.717) is 6.54 Å². The monoisotopic (exact) mass is 186 g/mol. The van der Waals surface area contributed by atoms with Crippen molar-refractivity contribution in [1.82, 2.24) is 10.2 Å². The van der Waals surface area contributed by atoms with Gasteiger partial charge in [0.2, 0.25) is 5.91 Å². The van der Waals surface area contributed by atoms with E-state index in [1.807, 2.05) is 0 Å². The number of aliphatic carboxylic acids is 1. The van der Waals surface area contributed by atoms with Crippen molar-refractivity contribution in [3.63, 3.8) is 0 Å². The molecular formula is C8H14N2O3. The molecule has 5 nitrogen and oxygen atoms in total. The number of likely N-dealkylation sites (N-methyl/N-ethyl adjacent to an activating group) is 1. The zero-order valence-corrected chi connectivity index (χ0v) is 7.78. The lowest BCUT2D eigenvalue weighted by atomic mass is 10.4. The second-order valence-electron chi connectivity index (χ2n) is 2.66. The Kier molecular flexibility index (Phi) is 5.54. The maximum atomic E-state index is 10.9. The van der Waals surface area contributed by atoms with Crippen LogP contribution in [-0.4, -0.2) is 49.1 Å². The van der Waals surface area contributed by atoms with Crippen molar-refractivity contribution in [3.05, 3.63) is 12.2 Å². The van der Waals surface area contributed by atoms with Gasteiger partial charge in [0, 0.05) is 26.7 Å². The van der Waals surface area contributed by atoms with Crippen LogP contribution in [0.2, 0.25) is 0 Å². The topological polar surface area (TPSA) is 69.6 Å². The first-order valence-corrected chi connectivity index (χ1v) is 3.84. The molecule has 0 saturated carbocycles. The predicted molar refractivity (Wildman–Crippen MR) is 48.3 cm³/mol. The third-order valence-electron chi connectivity index (χ3n) is 1.24. The van der Waals surface area contributed by atoms with Crippen molar-refractivity contribution in [2.24, 2.45) is 0 Å². The lowest BCUT2D eigenvalue weighted by Crippen LogP contribution is -2.23. The highest BCUT2D eigenvalue weighted by Gasteiger charge is 1.96. The fraction of sp³-hybridized carbons (Fsp3) is 0.500. The first-order chi connectivity index (χ1) is 6.04. The van der Waals surface area contributed by atoms with Crippen LogP contribution in [0.1, 0.15) is 0 Å². The Labute approximate surface area is 77.0 Å².